The number of hydrogen-bond donors (Lipinski definition) is 0. The first-order valence-corrected chi connectivity index (χ1v) is 11.2. The van der Waals surface area contributed by atoms with Crippen molar-refractivity contribution in [3.8, 4) is 0 Å². The zero-order chi connectivity index (χ0) is 15.6. The fraction of sp³-hybridized carbons (Fsp3) is 1.00. The number of rotatable bonds is 4. The van der Waals surface area contributed by atoms with Crippen molar-refractivity contribution in [3.63, 3.8) is 0 Å². The third-order valence-corrected chi connectivity index (χ3v) is 8.94. The van der Waals surface area contributed by atoms with E-state index in [0.717, 1.165) is 39.9 Å². The van der Waals surface area contributed by atoms with Gasteiger partial charge in [0.2, 0.25) is 0 Å². The van der Waals surface area contributed by atoms with Gasteiger partial charge in [0.15, 0.2) is 0 Å². The quantitative estimate of drug-likeness (QED) is 0.668. The van der Waals surface area contributed by atoms with Crippen LogP contribution in [0.4, 0.5) is 0 Å². The van der Waals surface area contributed by atoms with Crippen LogP contribution in [0, 0.1) is 23.7 Å². The largest absolute Gasteiger partial charge is 0.616 e. The van der Waals surface area contributed by atoms with E-state index in [1.54, 1.807) is 0 Å². The zero-order valence-electron chi connectivity index (χ0n) is 14.5. The van der Waals surface area contributed by atoms with Crippen LogP contribution in [0.3, 0.4) is 0 Å². The summed E-state index contributed by atoms with van der Waals surface area (Å²) in [6.45, 7) is 11.8. The highest BCUT2D eigenvalue weighted by Crippen LogP contribution is 2.43. The summed E-state index contributed by atoms with van der Waals surface area (Å²) in [6.07, 6.45) is 6.59. The monoisotopic (exact) mass is 330 g/mol. The molecular weight excluding hydrogens is 296 g/mol. The highest BCUT2D eigenvalue weighted by molar-refractivity contribution is 8.00. The van der Waals surface area contributed by atoms with Crippen LogP contribution in [0.25, 0.3) is 0 Å². The van der Waals surface area contributed by atoms with Crippen molar-refractivity contribution in [2.45, 2.75) is 82.5 Å². The first kappa shape index (κ1) is 18.0. The lowest BCUT2D eigenvalue weighted by molar-refractivity contribution is 0.265. The van der Waals surface area contributed by atoms with Gasteiger partial charge in [0.1, 0.15) is 11.0 Å². The van der Waals surface area contributed by atoms with E-state index in [9.17, 15) is 4.55 Å². The third kappa shape index (κ3) is 5.07. The molecule has 0 radical (unpaired) electrons. The van der Waals surface area contributed by atoms with Gasteiger partial charge in [0.25, 0.3) is 0 Å². The van der Waals surface area contributed by atoms with Gasteiger partial charge in [-0.1, -0.05) is 38.9 Å². The topological polar surface area (TPSA) is 23.1 Å². The molecular formula is C18H34OS2. The van der Waals surface area contributed by atoms with Gasteiger partial charge in [0, 0.05) is 10.5 Å². The lowest BCUT2D eigenvalue weighted by Gasteiger charge is -2.38. The maximum absolute atomic E-state index is 11.8. The molecule has 2 aliphatic heterocycles. The summed E-state index contributed by atoms with van der Waals surface area (Å²) in [5.74, 6) is 4.33. The molecule has 0 aromatic rings. The van der Waals surface area contributed by atoms with Gasteiger partial charge in [-0.05, 0) is 62.7 Å². The highest BCUT2D eigenvalue weighted by atomic mass is 32.2. The lowest BCUT2D eigenvalue weighted by atomic mass is 9.80. The molecule has 0 bridgehead atoms. The summed E-state index contributed by atoms with van der Waals surface area (Å²) in [7, 11) is 0. The van der Waals surface area contributed by atoms with E-state index in [0.29, 0.717) is 5.25 Å². The van der Waals surface area contributed by atoms with Crippen LogP contribution < -0.4 is 0 Å². The van der Waals surface area contributed by atoms with Crippen LogP contribution in [0.5, 0.6) is 0 Å². The summed E-state index contributed by atoms with van der Waals surface area (Å²) in [6, 6.07) is 0. The molecule has 0 spiro atoms. The van der Waals surface area contributed by atoms with E-state index in [1.165, 1.54) is 32.1 Å². The molecule has 7 atom stereocenters. The fourth-order valence-electron chi connectivity index (χ4n) is 4.24. The predicted molar refractivity (Wildman–Crippen MR) is 97.4 cm³/mol. The van der Waals surface area contributed by atoms with Crippen molar-refractivity contribution in [2.24, 2.45) is 23.7 Å². The molecule has 2 heterocycles. The van der Waals surface area contributed by atoms with Crippen molar-refractivity contribution < 1.29 is 4.55 Å². The van der Waals surface area contributed by atoms with Crippen molar-refractivity contribution in [2.75, 3.05) is 5.75 Å². The Morgan fingerprint density at radius 1 is 1.10 bits per heavy atom. The summed E-state index contributed by atoms with van der Waals surface area (Å²) in [5.41, 5.74) is 0. The molecule has 0 N–H and O–H groups in total. The van der Waals surface area contributed by atoms with Gasteiger partial charge in [-0.2, -0.15) is 11.8 Å². The lowest BCUT2D eigenvalue weighted by Crippen LogP contribution is -2.35. The van der Waals surface area contributed by atoms with Crippen molar-refractivity contribution >= 4 is 22.9 Å². The normalized spacial score (nSPS) is 43.0. The smallest absolute Gasteiger partial charge is 0.113 e. The number of thioether (sulfide) groups is 1. The standard InChI is InChI=1S/C18H34OS2/c1-12(2)17-9-14(4)20-18(11-17)8-13(3)16-6-7-21(19)15(5)10-16/h12-18H,6-11H2,1-5H3/t13?,14-,15-,16?,17?,18?,21?/m1/s1. The maximum atomic E-state index is 11.8. The minimum Gasteiger partial charge on any atom is -0.616 e. The second-order valence-electron chi connectivity index (χ2n) is 7.94. The Kier molecular flexibility index (Phi) is 6.83. The molecule has 3 heteroatoms. The molecule has 2 saturated heterocycles. The van der Waals surface area contributed by atoms with E-state index < -0.39 is 11.2 Å². The fourth-order valence-corrected chi connectivity index (χ4v) is 7.43. The molecule has 0 saturated carbocycles. The molecule has 5 unspecified atom stereocenters. The van der Waals surface area contributed by atoms with Crippen LogP contribution in [-0.4, -0.2) is 26.1 Å². The van der Waals surface area contributed by atoms with E-state index in [1.807, 2.05) is 0 Å². The van der Waals surface area contributed by atoms with Crippen LogP contribution in [0.1, 0.15) is 66.7 Å². The number of hydrogen-bond acceptors (Lipinski definition) is 2. The van der Waals surface area contributed by atoms with Crippen molar-refractivity contribution in [1.82, 2.24) is 0 Å². The molecule has 0 amide bonds. The Morgan fingerprint density at radius 2 is 1.81 bits per heavy atom. The predicted octanol–water partition coefficient (Wildman–Crippen LogP) is 5.12. The van der Waals surface area contributed by atoms with Crippen LogP contribution in [-0.2, 0) is 11.2 Å². The average molecular weight is 331 g/mol. The molecule has 0 aromatic carbocycles. The minimum atomic E-state index is -0.552. The Morgan fingerprint density at radius 3 is 2.43 bits per heavy atom. The van der Waals surface area contributed by atoms with Crippen LogP contribution in [0.15, 0.2) is 0 Å². The van der Waals surface area contributed by atoms with Gasteiger partial charge in [-0.15, -0.1) is 0 Å². The van der Waals surface area contributed by atoms with E-state index in [4.69, 9.17) is 0 Å². The first-order chi connectivity index (χ1) is 9.86. The Balaban J connectivity index is 1.85. The molecule has 0 aromatic heterocycles. The summed E-state index contributed by atoms with van der Waals surface area (Å²) in [5, 5.41) is 2.12. The molecule has 21 heavy (non-hydrogen) atoms. The molecule has 1 nitrogen and oxygen atoms in total. The van der Waals surface area contributed by atoms with Crippen molar-refractivity contribution in [3.05, 3.63) is 0 Å². The SMILES string of the molecule is CC(C)C1CC(CC(C)C2CC[S+]([O-])[C@H](C)C2)S[C@H](C)C1. The van der Waals surface area contributed by atoms with E-state index >= 15 is 0 Å². The van der Waals surface area contributed by atoms with Crippen LogP contribution >= 0.6 is 11.8 Å². The van der Waals surface area contributed by atoms with E-state index in [2.05, 4.69) is 46.4 Å². The molecule has 0 aliphatic carbocycles. The zero-order valence-corrected chi connectivity index (χ0v) is 16.1. The van der Waals surface area contributed by atoms with Gasteiger partial charge < -0.3 is 4.55 Å². The summed E-state index contributed by atoms with van der Waals surface area (Å²) in [4.78, 5) is 0. The maximum Gasteiger partial charge on any atom is 0.113 e. The summed E-state index contributed by atoms with van der Waals surface area (Å²) >= 11 is 1.69. The van der Waals surface area contributed by atoms with Crippen LogP contribution in [0.2, 0.25) is 0 Å². The minimum absolute atomic E-state index is 0.424. The Bertz CT molecular complexity index is 320. The average Bonchev–Trinajstić information content (AvgIpc) is 2.41. The highest BCUT2D eigenvalue weighted by Gasteiger charge is 2.35. The Labute approximate surface area is 139 Å². The van der Waals surface area contributed by atoms with Gasteiger partial charge >= 0.3 is 0 Å². The second-order valence-corrected chi connectivity index (χ2v) is 11.7. The Hall–Kier alpha value is 0.660. The molecule has 124 valence electrons. The van der Waals surface area contributed by atoms with Gasteiger partial charge in [-0.3, -0.25) is 0 Å². The van der Waals surface area contributed by atoms with Gasteiger partial charge in [-0.25, -0.2) is 0 Å². The molecule has 2 rings (SSSR count). The summed E-state index contributed by atoms with van der Waals surface area (Å²) < 4.78 is 11.8. The van der Waals surface area contributed by atoms with Gasteiger partial charge in [0.05, 0.1) is 0 Å². The molecule has 2 aliphatic rings. The van der Waals surface area contributed by atoms with E-state index in [-0.39, 0.29) is 0 Å². The first-order valence-electron chi connectivity index (χ1n) is 8.89. The second kappa shape index (κ2) is 7.97. The molecule has 2 fully saturated rings. The third-order valence-electron chi connectivity index (χ3n) is 5.78. The van der Waals surface area contributed by atoms with Crippen molar-refractivity contribution in [1.29, 1.82) is 0 Å².